The zero-order chi connectivity index (χ0) is 15.6. The third kappa shape index (κ3) is 2.72. The van der Waals surface area contributed by atoms with Gasteiger partial charge in [0.2, 0.25) is 0 Å². The fourth-order valence-corrected chi connectivity index (χ4v) is 4.73. The van der Waals surface area contributed by atoms with Crippen molar-refractivity contribution in [1.82, 2.24) is 5.32 Å². The number of thioether (sulfide) groups is 1. The molecule has 3 atom stereocenters. The fourth-order valence-electron chi connectivity index (χ4n) is 3.39. The van der Waals surface area contributed by atoms with Crippen LogP contribution in [0, 0.1) is 5.92 Å². The Labute approximate surface area is 141 Å². The molecule has 2 aromatic carbocycles. The number of nitrogens with one attached hydrogen (secondary N) is 1. The van der Waals surface area contributed by atoms with Gasteiger partial charge in [0.05, 0.1) is 12.6 Å². The van der Waals surface area contributed by atoms with Crippen LogP contribution in [0.4, 0.5) is 0 Å². The highest BCUT2D eigenvalue weighted by Crippen LogP contribution is 2.50. The predicted octanol–water partition coefficient (Wildman–Crippen LogP) is 4.19. The van der Waals surface area contributed by atoms with Gasteiger partial charge in [0.25, 0.3) is 0 Å². The zero-order valence-corrected chi connectivity index (χ0v) is 13.9. The van der Waals surface area contributed by atoms with Gasteiger partial charge in [-0.25, -0.2) is 0 Å². The van der Waals surface area contributed by atoms with Crippen molar-refractivity contribution >= 4 is 16.9 Å². The molecule has 2 heterocycles. The molecule has 0 unspecified atom stereocenters. The van der Waals surface area contributed by atoms with Gasteiger partial charge < -0.3 is 10.1 Å². The van der Waals surface area contributed by atoms with E-state index in [1.54, 1.807) is 0 Å². The molecule has 4 heteroatoms. The maximum atomic E-state index is 6.05. The van der Waals surface area contributed by atoms with Crippen molar-refractivity contribution in [3.63, 3.8) is 0 Å². The first-order valence-corrected chi connectivity index (χ1v) is 8.99. The topological polar surface area (TPSA) is 33.6 Å². The van der Waals surface area contributed by atoms with E-state index in [1.807, 2.05) is 17.8 Å². The molecule has 1 fully saturated rings. The van der Waals surface area contributed by atoms with Crippen molar-refractivity contribution in [2.45, 2.75) is 18.2 Å². The maximum absolute atomic E-state index is 6.05. The van der Waals surface area contributed by atoms with Crippen LogP contribution in [0.2, 0.25) is 0 Å². The minimum atomic E-state index is 0.261. The Balaban J connectivity index is 1.75. The van der Waals surface area contributed by atoms with Gasteiger partial charge >= 0.3 is 0 Å². The number of amidine groups is 1. The van der Waals surface area contributed by atoms with Gasteiger partial charge in [-0.1, -0.05) is 60.3 Å². The summed E-state index contributed by atoms with van der Waals surface area (Å²) < 4.78 is 6.05. The summed E-state index contributed by atoms with van der Waals surface area (Å²) >= 11 is 1.83. The number of aliphatic imine (C=N–C) groups is 1. The number of fused-ring (bicyclic) bond motifs is 3. The van der Waals surface area contributed by atoms with Crippen molar-refractivity contribution in [1.29, 1.82) is 0 Å². The zero-order valence-electron chi connectivity index (χ0n) is 13.1. The number of nitrogens with zero attached hydrogens (tertiary/aromatic N) is 1. The second kappa shape index (κ2) is 6.28. The van der Waals surface area contributed by atoms with E-state index >= 15 is 0 Å². The lowest BCUT2D eigenvalue weighted by atomic mass is 9.85. The van der Waals surface area contributed by atoms with Crippen LogP contribution in [0.25, 0.3) is 0 Å². The van der Waals surface area contributed by atoms with Gasteiger partial charge in [-0.3, -0.25) is 4.99 Å². The Morgan fingerprint density at radius 3 is 2.74 bits per heavy atom. The van der Waals surface area contributed by atoms with Crippen LogP contribution in [-0.2, 0) is 0 Å². The van der Waals surface area contributed by atoms with Gasteiger partial charge in [0.1, 0.15) is 5.75 Å². The van der Waals surface area contributed by atoms with Crippen LogP contribution in [0.3, 0.4) is 0 Å². The smallest absolute Gasteiger partial charge is 0.157 e. The second-order valence-corrected chi connectivity index (χ2v) is 6.99. The molecule has 0 aliphatic carbocycles. The number of ether oxygens (including phenoxy) is 1. The van der Waals surface area contributed by atoms with E-state index in [2.05, 4.69) is 65.8 Å². The van der Waals surface area contributed by atoms with Crippen LogP contribution >= 0.6 is 11.8 Å². The molecule has 2 aromatic rings. The number of rotatable bonds is 2. The highest BCUT2D eigenvalue weighted by Gasteiger charge is 2.42. The molecule has 0 bridgehead atoms. The summed E-state index contributed by atoms with van der Waals surface area (Å²) in [6.45, 7) is 3.61. The van der Waals surface area contributed by atoms with Crippen LogP contribution in [0.5, 0.6) is 5.75 Å². The van der Waals surface area contributed by atoms with Gasteiger partial charge in [0, 0.05) is 23.3 Å². The van der Waals surface area contributed by atoms with E-state index < -0.39 is 0 Å². The molecule has 0 radical (unpaired) electrons. The van der Waals surface area contributed by atoms with Gasteiger partial charge in [0.15, 0.2) is 5.17 Å². The largest absolute Gasteiger partial charge is 0.493 e. The lowest BCUT2D eigenvalue weighted by Crippen LogP contribution is -2.44. The predicted molar refractivity (Wildman–Crippen MR) is 96.1 cm³/mol. The molecular formula is C19H20N2OS. The fraction of sp³-hybridized carbons (Fsp3) is 0.316. The molecule has 23 heavy (non-hydrogen) atoms. The summed E-state index contributed by atoms with van der Waals surface area (Å²) in [5.74, 6) is 1.39. The molecule has 4 rings (SSSR count). The summed E-state index contributed by atoms with van der Waals surface area (Å²) in [5.41, 5.74) is 2.59. The average molecular weight is 324 g/mol. The summed E-state index contributed by atoms with van der Waals surface area (Å²) in [7, 11) is 0. The first-order valence-electron chi connectivity index (χ1n) is 8.11. The molecule has 1 N–H and O–H groups in total. The minimum absolute atomic E-state index is 0.261. The van der Waals surface area contributed by atoms with Gasteiger partial charge in [-0.05, 0) is 18.6 Å². The number of para-hydroxylation sites is 1. The molecule has 118 valence electrons. The van der Waals surface area contributed by atoms with Gasteiger partial charge in [-0.2, -0.15) is 0 Å². The van der Waals surface area contributed by atoms with E-state index in [1.165, 1.54) is 11.1 Å². The quantitative estimate of drug-likeness (QED) is 0.899. The summed E-state index contributed by atoms with van der Waals surface area (Å²) in [4.78, 5) is 4.65. The minimum Gasteiger partial charge on any atom is -0.493 e. The summed E-state index contributed by atoms with van der Waals surface area (Å²) in [6, 6.07) is 19.3. The van der Waals surface area contributed by atoms with Crippen molar-refractivity contribution in [2.75, 3.05) is 13.2 Å². The van der Waals surface area contributed by atoms with Crippen LogP contribution in [0.15, 0.2) is 59.6 Å². The maximum Gasteiger partial charge on any atom is 0.157 e. The van der Waals surface area contributed by atoms with Crippen molar-refractivity contribution < 1.29 is 4.74 Å². The third-order valence-corrected chi connectivity index (χ3v) is 5.80. The van der Waals surface area contributed by atoms with E-state index in [-0.39, 0.29) is 6.04 Å². The monoisotopic (exact) mass is 324 g/mol. The number of hydrogen-bond donors (Lipinski definition) is 1. The standard InChI is InChI=1S/C19H20N2OS/c1-2-20-19-21-17-14-10-6-7-11-16(14)22-12-15(17)18(23-19)13-8-4-3-5-9-13/h3-11,15,17-18H,2,12H2,1H3,(H,20,21)/t15-,17-,18+/m0/s1. The van der Waals surface area contributed by atoms with E-state index in [4.69, 9.17) is 4.74 Å². The molecule has 2 aliphatic heterocycles. The van der Waals surface area contributed by atoms with Crippen molar-refractivity contribution in [3.8, 4) is 5.75 Å². The molecule has 2 aliphatic rings. The lowest BCUT2D eigenvalue weighted by molar-refractivity contribution is 0.181. The SMILES string of the molecule is CCN=C1N[C@H]2c3ccccc3OC[C@@H]2[C@@H](c2ccccc2)S1. The Bertz CT molecular complexity index is 716. The van der Waals surface area contributed by atoms with E-state index in [0.29, 0.717) is 11.2 Å². The van der Waals surface area contributed by atoms with Crippen LogP contribution < -0.4 is 10.1 Å². The molecule has 0 saturated carbocycles. The number of hydrogen-bond acceptors (Lipinski definition) is 3. The number of benzene rings is 2. The van der Waals surface area contributed by atoms with Gasteiger partial charge in [-0.15, -0.1) is 0 Å². The van der Waals surface area contributed by atoms with Crippen LogP contribution in [-0.4, -0.2) is 18.3 Å². The third-order valence-electron chi connectivity index (χ3n) is 4.45. The molecule has 0 aromatic heterocycles. The Kier molecular flexibility index (Phi) is 4.00. The average Bonchev–Trinajstić information content (AvgIpc) is 2.62. The Morgan fingerprint density at radius 1 is 1.13 bits per heavy atom. The molecule has 3 nitrogen and oxygen atoms in total. The van der Waals surface area contributed by atoms with Crippen LogP contribution in [0.1, 0.15) is 29.3 Å². The normalized spacial score (nSPS) is 27.5. The molecule has 0 spiro atoms. The summed E-state index contributed by atoms with van der Waals surface area (Å²) in [6.07, 6.45) is 0. The molecular weight excluding hydrogens is 304 g/mol. The first-order chi connectivity index (χ1) is 11.4. The molecule has 1 saturated heterocycles. The van der Waals surface area contributed by atoms with E-state index in [0.717, 1.165) is 24.1 Å². The lowest BCUT2D eigenvalue weighted by Gasteiger charge is -2.43. The summed E-state index contributed by atoms with van der Waals surface area (Å²) in [5, 5.41) is 5.05. The highest BCUT2D eigenvalue weighted by atomic mass is 32.2. The Morgan fingerprint density at radius 2 is 1.91 bits per heavy atom. The highest BCUT2D eigenvalue weighted by molar-refractivity contribution is 8.14. The van der Waals surface area contributed by atoms with Crippen molar-refractivity contribution in [2.24, 2.45) is 10.9 Å². The Hall–Kier alpha value is -1.94. The second-order valence-electron chi connectivity index (χ2n) is 5.86. The van der Waals surface area contributed by atoms with Crippen molar-refractivity contribution in [3.05, 3.63) is 65.7 Å². The molecule has 0 amide bonds. The van der Waals surface area contributed by atoms with E-state index in [9.17, 15) is 0 Å². The first kappa shape index (κ1) is 14.6.